The van der Waals surface area contributed by atoms with Crippen LogP contribution in [0, 0.1) is 5.82 Å². The van der Waals surface area contributed by atoms with Gasteiger partial charge in [-0.05, 0) is 30.3 Å². The number of hydrogen-bond donors (Lipinski definition) is 2. The van der Waals surface area contributed by atoms with Gasteiger partial charge in [-0.3, -0.25) is 9.59 Å². The van der Waals surface area contributed by atoms with Gasteiger partial charge >= 0.3 is 5.97 Å². The van der Waals surface area contributed by atoms with Crippen LogP contribution in [0.25, 0.3) is 0 Å². The van der Waals surface area contributed by atoms with E-state index in [1.54, 1.807) is 17.0 Å². The molecule has 2 amide bonds. The molecular formula is C20H20FN3O4. The van der Waals surface area contributed by atoms with Gasteiger partial charge in [0, 0.05) is 33.1 Å². The monoisotopic (exact) mass is 385 g/mol. The van der Waals surface area contributed by atoms with E-state index < -0.39 is 17.7 Å². The highest BCUT2D eigenvalue weighted by Crippen LogP contribution is 2.29. The number of halogens is 1. The van der Waals surface area contributed by atoms with Crippen molar-refractivity contribution in [1.82, 2.24) is 4.90 Å². The third-order valence-electron chi connectivity index (χ3n) is 4.68. The van der Waals surface area contributed by atoms with Crippen molar-refractivity contribution < 1.29 is 23.9 Å². The number of amides is 2. The molecule has 0 bridgehead atoms. The molecule has 28 heavy (non-hydrogen) atoms. The van der Waals surface area contributed by atoms with E-state index in [4.69, 9.17) is 0 Å². The highest BCUT2D eigenvalue weighted by atomic mass is 19.1. The molecule has 0 radical (unpaired) electrons. The van der Waals surface area contributed by atoms with Gasteiger partial charge in [0.1, 0.15) is 5.82 Å². The van der Waals surface area contributed by atoms with Gasteiger partial charge in [-0.15, -0.1) is 0 Å². The van der Waals surface area contributed by atoms with E-state index in [2.05, 4.69) is 5.32 Å². The summed E-state index contributed by atoms with van der Waals surface area (Å²) < 4.78 is 13.9. The predicted octanol–water partition coefficient (Wildman–Crippen LogP) is 2.44. The second kappa shape index (κ2) is 8.08. The largest absolute Gasteiger partial charge is 0.478 e. The number of benzene rings is 2. The van der Waals surface area contributed by atoms with Gasteiger partial charge < -0.3 is 20.2 Å². The summed E-state index contributed by atoms with van der Waals surface area (Å²) in [5, 5.41) is 11.9. The lowest BCUT2D eigenvalue weighted by molar-refractivity contribution is -0.129. The number of rotatable bonds is 4. The first-order valence-corrected chi connectivity index (χ1v) is 8.80. The molecule has 0 atom stereocenters. The van der Waals surface area contributed by atoms with E-state index in [1.165, 1.54) is 37.3 Å². The van der Waals surface area contributed by atoms with Crippen LogP contribution >= 0.6 is 0 Å². The van der Waals surface area contributed by atoms with Crippen LogP contribution in [0.4, 0.5) is 15.8 Å². The Kier molecular flexibility index (Phi) is 5.58. The quantitative estimate of drug-likeness (QED) is 0.844. The zero-order valence-electron chi connectivity index (χ0n) is 15.3. The normalized spacial score (nSPS) is 13.9. The Labute approximate surface area is 161 Å². The maximum atomic E-state index is 13.9. The summed E-state index contributed by atoms with van der Waals surface area (Å²) >= 11 is 0. The number of carbonyl (C=O) groups is 3. The van der Waals surface area contributed by atoms with Gasteiger partial charge in [-0.2, -0.15) is 0 Å². The Morgan fingerprint density at radius 2 is 1.71 bits per heavy atom. The van der Waals surface area contributed by atoms with Crippen molar-refractivity contribution in [2.45, 2.75) is 6.92 Å². The number of nitrogens with zero attached hydrogens (tertiary/aromatic N) is 2. The predicted molar refractivity (Wildman–Crippen MR) is 102 cm³/mol. The lowest BCUT2D eigenvalue weighted by Gasteiger charge is -2.36. The Bertz CT molecular complexity index is 923. The summed E-state index contributed by atoms with van der Waals surface area (Å²) in [4.78, 5) is 39.1. The minimum atomic E-state index is -1.13. The van der Waals surface area contributed by atoms with E-state index >= 15 is 0 Å². The Balaban J connectivity index is 1.89. The minimum Gasteiger partial charge on any atom is -0.478 e. The van der Waals surface area contributed by atoms with Gasteiger partial charge in [0.05, 0.1) is 22.5 Å². The van der Waals surface area contributed by atoms with E-state index in [9.17, 15) is 23.9 Å². The van der Waals surface area contributed by atoms with Crippen LogP contribution in [-0.2, 0) is 4.79 Å². The van der Waals surface area contributed by atoms with Crippen LogP contribution in [0.5, 0.6) is 0 Å². The van der Waals surface area contributed by atoms with Crippen LogP contribution in [0.3, 0.4) is 0 Å². The van der Waals surface area contributed by atoms with Gasteiger partial charge in [0.15, 0.2) is 0 Å². The molecule has 8 heteroatoms. The third-order valence-corrected chi connectivity index (χ3v) is 4.68. The molecule has 0 saturated carbocycles. The van der Waals surface area contributed by atoms with Crippen molar-refractivity contribution >= 4 is 29.2 Å². The molecule has 0 aliphatic carbocycles. The smallest absolute Gasteiger partial charge is 0.335 e. The number of nitrogens with one attached hydrogen (secondary N) is 1. The van der Waals surface area contributed by atoms with E-state index in [-0.39, 0.29) is 22.7 Å². The zero-order chi connectivity index (χ0) is 20.3. The maximum absolute atomic E-state index is 13.9. The number of carboxylic acid groups (broad SMARTS) is 1. The van der Waals surface area contributed by atoms with Gasteiger partial charge in [-0.25, -0.2) is 9.18 Å². The molecule has 0 aromatic heterocycles. The molecule has 7 nitrogen and oxygen atoms in total. The highest BCUT2D eigenvalue weighted by molar-refractivity contribution is 6.07. The second-order valence-corrected chi connectivity index (χ2v) is 6.46. The van der Waals surface area contributed by atoms with Crippen LogP contribution in [-0.4, -0.2) is 54.0 Å². The molecule has 146 valence electrons. The minimum absolute atomic E-state index is 0.00560. The molecule has 2 N–H and O–H groups in total. The molecule has 2 aromatic rings. The molecule has 0 spiro atoms. The molecule has 2 aromatic carbocycles. The third kappa shape index (κ3) is 4.11. The number of anilines is 2. The van der Waals surface area contributed by atoms with Crippen LogP contribution in [0.2, 0.25) is 0 Å². The standard InChI is InChI=1S/C20H20FN3O4/c1-13(25)23-8-10-24(11-9-23)18-7-6-14(20(27)28)12-17(18)22-19(26)15-4-2-3-5-16(15)21/h2-7,12H,8-11H2,1H3,(H,22,26)(H,27,28). The van der Waals surface area contributed by atoms with Crippen LogP contribution in [0.15, 0.2) is 42.5 Å². The number of piperazine rings is 1. The molecule has 1 saturated heterocycles. The molecule has 0 unspecified atom stereocenters. The summed E-state index contributed by atoms with van der Waals surface area (Å²) in [7, 11) is 0. The highest BCUT2D eigenvalue weighted by Gasteiger charge is 2.23. The first kappa shape index (κ1) is 19.3. The first-order valence-electron chi connectivity index (χ1n) is 8.80. The molecular weight excluding hydrogens is 365 g/mol. The first-order chi connectivity index (χ1) is 13.4. The second-order valence-electron chi connectivity index (χ2n) is 6.46. The van der Waals surface area contributed by atoms with Crippen molar-refractivity contribution in [1.29, 1.82) is 0 Å². The fourth-order valence-electron chi connectivity index (χ4n) is 3.14. The average Bonchev–Trinajstić information content (AvgIpc) is 2.68. The average molecular weight is 385 g/mol. The van der Waals surface area contributed by atoms with E-state index in [0.29, 0.717) is 31.9 Å². The summed E-state index contributed by atoms with van der Waals surface area (Å²) in [6, 6.07) is 10.00. The van der Waals surface area contributed by atoms with E-state index in [1.807, 2.05) is 4.90 Å². The molecule has 1 aliphatic heterocycles. The summed E-state index contributed by atoms with van der Waals surface area (Å²) in [6.45, 7) is 3.63. The molecule has 1 heterocycles. The SMILES string of the molecule is CC(=O)N1CCN(c2ccc(C(=O)O)cc2NC(=O)c2ccccc2F)CC1. The summed E-state index contributed by atoms with van der Waals surface area (Å²) in [5.41, 5.74) is 0.785. The van der Waals surface area contributed by atoms with Crippen LogP contribution < -0.4 is 10.2 Å². The summed E-state index contributed by atoms with van der Waals surface area (Å²) in [6.07, 6.45) is 0. The lowest BCUT2D eigenvalue weighted by atomic mass is 10.1. The molecule has 3 rings (SSSR count). The van der Waals surface area contributed by atoms with Gasteiger partial charge in [0.25, 0.3) is 5.91 Å². The van der Waals surface area contributed by atoms with Crippen molar-refractivity contribution in [3.8, 4) is 0 Å². The fraction of sp³-hybridized carbons (Fsp3) is 0.250. The maximum Gasteiger partial charge on any atom is 0.335 e. The van der Waals surface area contributed by atoms with Crippen LogP contribution in [0.1, 0.15) is 27.6 Å². The zero-order valence-corrected chi connectivity index (χ0v) is 15.3. The fourth-order valence-corrected chi connectivity index (χ4v) is 3.14. The lowest BCUT2D eigenvalue weighted by Crippen LogP contribution is -2.48. The van der Waals surface area contributed by atoms with Crippen molar-refractivity contribution in [2.24, 2.45) is 0 Å². The van der Waals surface area contributed by atoms with Gasteiger partial charge in [-0.1, -0.05) is 12.1 Å². The van der Waals surface area contributed by atoms with Gasteiger partial charge in [0.2, 0.25) is 5.91 Å². The number of aromatic carboxylic acids is 1. The topological polar surface area (TPSA) is 90.0 Å². The molecule has 1 fully saturated rings. The number of carbonyl (C=O) groups excluding carboxylic acids is 2. The Morgan fingerprint density at radius 3 is 2.32 bits per heavy atom. The van der Waals surface area contributed by atoms with Crippen molar-refractivity contribution in [2.75, 3.05) is 36.4 Å². The van der Waals surface area contributed by atoms with Crippen molar-refractivity contribution in [3.05, 3.63) is 59.4 Å². The Hall–Kier alpha value is -3.42. The van der Waals surface area contributed by atoms with E-state index in [0.717, 1.165) is 0 Å². The molecule has 1 aliphatic rings. The summed E-state index contributed by atoms with van der Waals surface area (Å²) in [5.74, 6) is -2.46. The number of hydrogen-bond acceptors (Lipinski definition) is 4. The number of carboxylic acids is 1. The Morgan fingerprint density at radius 1 is 1.04 bits per heavy atom. The van der Waals surface area contributed by atoms with Crippen molar-refractivity contribution in [3.63, 3.8) is 0 Å².